The number of amides is 1. The van der Waals surface area contributed by atoms with Crippen molar-refractivity contribution >= 4 is 12.0 Å². The van der Waals surface area contributed by atoms with Gasteiger partial charge in [-0.3, -0.25) is 4.79 Å². The average molecular weight is 453 g/mol. The number of hydrogen-bond donors (Lipinski definition) is 1. The molecule has 33 heavy (non-hydrogen) atoms. The maximum absolute atomic E-state index is 12.3. The Hall–Kier alpha value is -3.94. The Bertz CT molecular complexity index is 1090. The zero-order chi connectivity index (χ0) is 23.8. The summed E-state index contributed by atoms with van der Waals surface area (Å²) in [5.74, 6) is 2.98. The molecular weight excluding hydrogens is 424 g/mol. The van der Waals surface area contributed by atoms with E-state index < -0.39 is 0 Å². The van der Waals surface area contributed by atoms with Gasteiger partial charge in [0, 0.05) is 18.7 Å². The smallest absolute Gasteiger partial charge is 0.244 e. The Balaban J connectivity index is 1.60. The number of nitrogens with one attached hydrogen (secondary N) is 1. The SMILES string of the molecule is COc1cc(CNC(=O)/C=C/c2ccc(OCc3c(C)noc3C)c(OC)c2)cc(OC)c1. The highest BCUT2D eigenvalue weighted by Gasteiger charge is 2.12. The molecule has 3 rings (SSSR count). The highest BCUT2D eigenvalue weighted by atomic mass is 16.5. The number of carbonyl (C=O) groups excluding carboxylic acids is 1. The van der Waals surface area contributed by atoms with E-state index in [1.807, 2.05) is 32.0 Å². The summed E-state index contributed by atoms with van der Waals surface area (Å²) in [5.41, 5.74) is 3.37. The monoisotopic (exact) mass is 452 g/mol. The summed E-state index contributed by atoms with van der Waals surface area (Å²) in [7, 11) is 4.74. The molecule has 1 aromatic heterocycles. The standard InChI is InChI=1S/C25H28N2O6/c1-16-22(17(2)33-27-16)15-32-23-8-6-18(12-24(23)31-5)7-9-25(28)26-14-19-10-20(29-3)13-21(11-19)30-4/h6-13H,14-15H2,1-5H3,(H,26,28)/b9-7+. The van der Waals surface area contributed by atoms with Crippen LogP contribution in [0, 0.1) is 13.8 Å². The normalized spacial score (nSPS) is 10.8. The van der Waals surface area contributed by atoms with Gasteiger partial charge in [0.15, 0.2) is 11.5 Å². The molecule has 0 aliphatic rings. The first-order valence-corrected chi connectivity index (χ1v) is 10.3. The molecule has 1 N–H and O–H groups in total. The molecule has 8 nitrogen and oxygen atoms in total. The van der Waals surface area contributed by atoms with Crippen molar-refractivity contribution in [3.8, 4) is 23.0 Å². The molecule has 0 fully saturated rings. The molecule has 0 radical (unpaired) electrons. The molecule has 0 spiro atoms. The third-order valence-corrected chi connectivity index (χ3v) is 5.05. The molecule has 0 atom stereocenters. The lowest BCUT2D eigenvalue weighted by Crippen LogP contribution is -2.20. The molecule has 1 amide bonds. The van der Waals surface area contributed by atoms with Gasteiger partial charge in [0.25, 0.3) is 0 Å². The van der Waals surface area contributed by atoms with E-state index in [9.17, 15) is 4.79 Å². The third-order valence-electron chi connectivity index (χ3n) is 5.05. The minimum atomic E-state index is -0.227. The second-order valence-electron chi connectivity index (χ2n) is 7.27. The molecule has 0 saturated carbocycles. The predicted molar refractivity (Wildman–Crippen MR) is 124 cm³/mol. The number of hydrogen-bond acceptors (Lipinski definition) is 7. The van der Waals surface area contributed by atoms with Crippen molar-refractivity contribution in [2.24, 2.45) is 0 Å². The lowest BCUT2D eigenvalue weighted by molar-refractivity contribution is -0.116. The van der Waals surface area contributed by atoms with Gasteiger partial charge in [-0.1, -0.05) is 11.2 Å². The van der Waals surface area contributed by atoms with Crippen LogP contribution in [0.5, 0.6) is 23.0 Å². The largest absolute Gasteiger partial charge is 0.497 e. The number of ether oxygens (including phenoxy) is 4. The molecular formula is C25H28N2O6. The summed E-state index contributed by atoms with van der Waals surface area (Å²) in [6.07, 6.45) is 3.18. The van der Waals surface area contributed by atoms with Crippen LogP contribution in [0.3, 0.4) is 0 Å². The third kappa shape index (κ3) is 6.29. The van der Waals surface area contributed by atoms with E-state index in [0.717, 1.165) is 28.1 Å². The van der Waals surface area contributed by atoms with Crippen LogP contribution in [-0.4, -0.2) is 32.4 Å². The molecule has 3 aromatic rings. The molecule has 174 valence electrons. The first kappa shape index (κ1) is 23.7. The fourth-order valence-corrected chi connectivity index (χ4v) is 3.15. The first-order valence-electron chi connectivity index (χ1n) is 10.3. The summed E-state index contributed by atoms with van der Waals surface area (Å²) in [6.45, 7) is 4.38. The number of carbonyl (C=O) groups is 1. The first-order chi connectivity index (χ1) is 15.9. The van der Waals surface area contributed by atoms with Crippen molar-refractivity contribution in [3.63, 3.8) is 0 Å². The lowest BCUT2D eigenvalue weighted by Gasteiger charge is -2.11. The van der Waals surface area contributed by atoms with Crippen LogP contribution < -0.4 is 24.3 Å². The molecule has 0 aliphatic carbocycles. The van der Waals surface area contributed by atoms with Crippen LogP contribution in [0.15, 0.2) is 47.0 Å². The highest BCUT2D eigenvalue weighted by molar-refractivity contribution is 5.91. The van der Waals surface area contributed by atoms with Gasteiger partial charge < -0.3 is 28.8 Å². The van der Waals surface area contributed by atoms with Gasteiger partial charge in [-0.15, -0.1) is 0 Å². The van der Waals surface area contributed by atoms with Gasteiger partial charge >= 0.3 is 0 Å². The highest BCUT2D eigenvalue weighted by Crippen LogP contribution is 2.30. The number of rotatable bonds is 10. The van der Waals surface area contributed by atoms with Crippen molar-refractivity contribution in [2.75, 3.05) is 21.3 Å². The van der Waals surface area contributed by atoms with Crippen molar-refractivity contribution in [1.29, 1.82) is 0 Å². The van der Waals surface area contributed by atoms with Crippen molar-refractivity contribution < 1.29 is 28.3 Å². The van der Waals surface area contributed by atoms with E-state index in [1.165, 1.54) is 6.08 Å². The maximum atomic E-state index is 12.3. The van der Waals surface area contributed by atoms with Crippen LogP contribution >= 0.6 is 0 Å². The Morgan fingerprint density at radius 1 is 1.00 bits per heavy atom. The van der Waals surface area contributed by atoms with Crippen molar-refractivity contribution in [1.82, 2.24) is 10.5 Å². The zero-order valence-corrected chi connectivity index (χ0v) is 19.4. The van der Waals surface area contributed by atoms with Gasteiger partial charge in [0.1, 0.15) is 23.9 Å². The van der Waals surface area contributed by atoms with E-state index >= 15 is 0 Å². The number of nitrogens with zero attached hydrogens (tertiary/aromatic N) is 1. The van der Waals surface area contributed by atoms with Crippen molar-refractivity contribution in [3.05, 3.63) is 70.6 Å². The second kappa shape index (κ2) is 11.1. The van der Waals surface area contributed by atoms with Crippen LogP contribution in [0.2, 0.25) is 0 Å². The van der Waals surface area contributed by atoms with E-state index in [2.05, 4.69) is 10.5 Å². The predicted octanol–water partition coefficient (Wildman–Crippen LogP) is 4.23. The second-order valence-corrected chi connectivity index (χ2v) is 7.27. The Morgan fingerprint density at radius 2 is 1.73 bits per heavy atom. The fourth-order valence-electron chi connectivity index (χ4n) is 3.15. The average Bonchev–Trinajstić information content (AvgIpc) is 3.16. The number of methoxy groups -OCH3 is 3. The molecule has 0 aliphatic heterocycles. The summed E-state index contributed by atoms with van der Waals surface area (Å²) < 4.78 is 27.0. The van der Waals surface area contributed by atoms with Crippen LogP contribution in [0.1, 0.15) is 28.1 Å². The quantitative estimate of drug-likeness (QED) is 0.460. The van der Waals surface area contributed by atoms with Gasteiger partial charge in [-0.25, -0.2) is 0 Å². The minimum Gasteiger partial charge on any atom is -0.497 e. The van der Waals surface area contributed by atoms with E-state index in [1.54, 1.807) is 45.6 Å². The van der Waals surface area contributed by atoms with Crippen LogP contribution in [-0.2, 0) is 17.9 Å². The molecule has 1 heterocycles. The molecule has 8 heteroatoms. The topological polar surface area (TPSA) is 92.1 Å². The Morgan fingerprint density at radius 3 is 2.33 bits per heavy atom. The van der Waals surface area contributed by atoms with E-state index in [-0.39, 0.29) is 5.91 Å². The van der Waals surface area contributed by atoms with E-state index in [0.29, 0.717) is 36.1 Å². The zero-order valence-electron chi connectivity index (χ0n) is 19.4. The van der Waals surface area contributed by atoms with Crippen LogP contribution in [0.4, 0.5) is 0 Å². The number of aromatic nitrogens is 1. The summed E-state index contributed by atoms with van der Waals surface area (Å²) in [4.78, 5) is 12.3. The lowest BCUT2D eigenvalue weighted by atomic mass is 10.1. The molecule has 0 unspecified atom stereocenters. The Labute approximate surface area is 193 Å². The van der Waals surface area contributed by atoms with Gasteiger partial charge in [0.2, 0.25) is 5.91 Å². The fraction of sp³-hybridized carbons (Fsp3) is 0.280. The molecule has 2 aromatic carbocycles. The van der Waals surface area contributed by atoms with Gasteiger partial charge in [-0.05, 0) is 55.3 Å². The summed E-state index contributed by atoms with van der Waals surface area (Å²) >= 11 is 0. The maximum Gasteiger partial charge on any atom is 0.244 e. The molecule has 0 saturated heterocycles. The van der Waals surface area contributed by atoms with Crippen LogP contribution in [0.25, 0.3) is 6.08 Å². The Kier molecular flexibility index (Phi) is 7.96. The number of aryl methyl sites for hydroxylation is 2. The van der Waals surface area contributed by atoms with Gasteiger partial charge in [-0.2, -0.15) is 0 Å². The summed E-state index contributed by atoms with van der Waals surface area (Å²) in [5, 5.41) is 6.78. The van der Waals surface area contributed by atoms with Crippen molar-refractivity contribution in [2.45, 2.75) is 27.0 Å². The molecule has 0 bridgehead atoms. The minimum absolute atomic E-state index is 0.227. The number of benzene rings is 2. The van der Waals surface area contributed by atoms with Gasteiger partial charge in [0.05, 0.1) is 32.6 Å². The summed E-state index contributed by atoms with van der Waals surface area (Å²) in [6, 6.07) is 10.9. The van der Waals surface area contributed by atoms with E-state index in [4.69, 9.17) is 23.5 Å².